The second kappa shape index (κ2) is 8.45. The monoisotopic (exact) mass is 312 g/mol. The Kier molecular flexibility index (Phi) is 6.60. The van der Waals surface area contributed by atoms with Crippen molar-refractivity contribution < 1.29 is 14.3 Å². The van der Waals surface area contributed by atoms with Crippen LogP contribution in [0, 0.1) is 11.8 Å². The highest BCUT2D eigenvalue weighted by atomic mass is 16.5. The summed E-state index contributed by atoms with van der Waals surface area (Å²) in [6.45, 7) is 6.33. The lowest BCUT2D eigenvalue weighted by Crippen LogP contribution is -2.41. The number of likely N-dealkylation sites (N-methyl/N-ethyl adjacent to an activating group) is 1. The number of ether oxygens (including phenoxy) is 1. The summed E-state index contributed by atoms with van der Waals surface area (Å²) in [5, 5.41) is 5.83. The highest BCUT2D eigenvalue weighted by Gasteiger charge is 2.47. The average Bonchev–Trinajstić information content (AvgIpc) is 3.28. The van der Waals surface area contributed by atoms with Gasteiger partial charge in [0.25, 0.3) is 0 Å². The van der Waals surface area contributed by atoms with Crippen LogP contribution in [0.3, 0.4) is 0 Å². The Bertz CT molecular complexity index is 383. The van der Waals surface area contributed by atoms with Gasteiger partial charge in [-0.15, -0.1) is 0 Å². The van der Waals surface area contributed by atoms with E-state index in [2.05, 4.69) is 15.5 Å². The van der Waals surface area contributed by atoms with Gasteiger partial charge in [-0.3, -0.25) is 14.5 Å². The molecule has 0 bridgehead atoms. The first-order valence-corrected chi connectivity index (χ1v) is 8.08. The number of nitrogens with zero attached hydrogens (tertiary/aromatic N) is 2. The van der Waals surface area contributed by atoms with E-state index >= 15 is 0 Å². The predicted octanol–water partition coefficient (Wildman–Crippen LogP) is -1.25. The summed E-state index contributed by atoms with van der Waals surface area (Å²) in [7, 11) is 3.93. The van der Waals surface area contributed by atoms with Crippen LogP contribution < -0.4 is 10.6 Å². The fraction of sp³-hybridized carbons (Fsp3) is 0.867. The minimum atomic E-state index is -0.135. The lowest BCUT2D eigenvalue weighted by molar-refractivity contribution is -0.127. The third kappa shape index (κ3) is 5.55. The number of amides is 2. The summed E-state index contributed by atoms with van der Waals surface area (Å²) >= 11 is 0. The Morgan fingerprint density at radius 1 is 1.09 bits per heavy atom. The van der Waals surface area contributed by atoms with Crippen molar-refractivity contribution in [1.29, 1.82) is 0 Å². The summed E-state index contributed by atoms with van der Waals surface area (Å²) in [5.74, 6) is -0.245. The molecule has 0 radical (unpaired) electrons. The van der Waals surface area contributed by atoms with Gasteiger partial charge in [-0.05, 0) is 20.5 Å². The van der Waals surface area contributed by atoms with Gasteiger partial charge in [0, 0.05) is 39.3 Å². The van der Waals surface area contributed by atoms with Gasteiger partial charge >= 0.3 is 0 Å². The maximum Gasteiger partial charge on any atom is 0.223 e. The molecule has 7 nitrogen and oxygen atoms in total. The number of hydrogen-bond acceptors (Lipinski definition) is 5. The molecular weight excluding hydrogens is 284 g/mol. The molecule has 2 fully saturated rings. The summed E-state index contributed by atoms with van der Waals surface area (Å²) in [4.78, 5) is 28.2. The van der Waals surface area contributed by atoms with Crippen molar-refractivity contribution >= 4 is 11.8 Å². The van der Waals surface area contributed by atoms with E-state index in [1.54, 1.807) is 0 Å². The largest absolute Gasteiger partial charge is 0.379 e. The van der Waals surface area contributed by atoms with Gasteiger partial charge in [0.05, 0.1) is 25.0 Å². The normalized spacial score (nSPS) is 25.0. The molecule has 2 N–H and O–H groups in total. The van der Waals surface area contributed by atoms with Crippen LogP contribution in [0.1, 0.15) is 6.42 Å². The van der Waals surface area contributed by atoms with Gasteiger partial charge in [-0.1, -0.05) is 0 Å². The van der Waals surface area contributed by atoms with Crippen molar-refractivity contribution in [1.82, 2.24) is 20.4 Å². The molecule has 2 rings (SSSR count). The highest BCUT2D eigenvalue weighted by molar-refractivity contribution is 5.92. The maximum atomic E-state index is 12.0. The van der Waals surface area contributed by atoms with E-state index in [9.17, 15) is 9.59 Å². The summed E-state index contributed by atoms with van der Waals surface area (Å²) < 4.78 is 5.29. The second-order valence-corrected chi connectivity index (χ2v) is 6.29. The van der Waals surface area contributed by atoms with Gasteiger partial charge in [0.2, 0.25) is 11.8 Å². The molecule has 126 valence electrons. The van der Waals surface area contributed by atoms with Gasteiger partial charge in [0.1, 0.15) is 0 Å². The first-order chi connectivity index (χ1) is 10.6. The zero-order chi connectivity index (χ0) is 15.9. The van der Waals surface area contributed by atoms with E-state index < -0.39 is 0 Å². The predicted molar refractivity (Wildman–Crippen MR) is 83.4 cm³/mol. The van der Waals surface area contributed by atoms with Crippen LogP contribution in [0.25, 0.3) is 0 Å². The zero-order valence-corrected chi connectivity index (χ0v) is 13.6. The van der Waals surface area contributed by atoms with Crippen LogP contribution in [-0.2, 0) is 14.3 Å². The van der Waals surface area contributed by atoms with E-state index in [0.29, 0.717) is 19.5 Å². The van der Waals surface area contributed by atoms with Crippen molar-refractivity contribution in [3.63, 3.8) is 0 Å². The third-order valence-electron chi connectivity index (χ3n) is 4.15. The molecule has 1 saturated heterocycles. The Balaban J connectivity index is 1.56. The SMILES string of the molecule is CN(C)CCNC(=O)C1CC1C(=O)NCCN1CCOCC1. The topological polar surface area (TPSA) is 73.9 Å². The minimum Gasteiger partial charge on any atom is -0.379 e. The van der Waals surface area contributed by atoms with Crippen LogP contribution in [0.2, 0.25) is 0 Å². The van der Waals surface area contributed by atoms with Crippen LogP contribution in [0.4, 0.5) is 0 Å². The molecule has 0 aromatic carbocycles. The molecule has 1 aliphatic heterocycles. The standard InChI is InChI=1S/C15H28N4O3/c1-18(2)5-3-16-14(20)12-11-13(12)15(21)17-4-6-19-7-9-22-10-8-19/h12-13H,3-11H2,1-2H3,(H,16,20)(H,17,21). The van der Waals surface area contributed by atoms with E-state index in [-0.39, 0.29) is 23.7 Å². The number of morpholine rings is 1. The third-order valence-corrected chi connectivity index (χ3v) is 4.15. The minimum absolute atomic E-state index is 0.00943. The molecule has 0 aromatic heterocycles. The molecule has 2 unspecified atom stereocenters. The first-order valence-electron chi connectivity index (χ1n) is 8.08. The van der Waals surface area contributed by atoms with E-state index in [1.807, 2.05) is 19.0 Å². The van der Waals surface area contributed by atoms with Crippen molar-refractivity contribution in [2.75, 3.05) is 66.6 Å². The lowest BCUT2D eigenvalue weighted by Gasteiger charge is -2.26. The van der Waals surface area contributed by atoms with Crippen molar-refractivity contribution in [3.8, 4) is 0 Å². The van der Waals surface area contributed by atoms with Crippen LogP contribution >= 0.6 is 0 Å². The second-order valence-electron chi connectivity index (χ2n) is 6.29. The Hall–Kier alpha value is -1.18. The smallest absolute Gasteiger partial charge is 0.223 e. The molecule has 2 atom stereocenters. The van der Waals surface area contributed by atoms with E-state index in [1.165, 1.54) is 0 Å². The molecule has 2 amide bonds. The first kappa shape index (κ1) is 17.2. The molecule has 1 aliphatic carbocycles. The molecule has 0 spiro atoms. The van der Waals surface area contributed by atoms with Crippen molar-refractivity contribution in [3.05, 3.63) is 0 Å². The van der Waals surface area contributed by atoms with Gasteiger partial charge in [-0.2, -0.15) is 0 Å². The number of carbonyl (C=O) groups excluding carboxylic acids is 2. The molecule has 7 heteroatoms. The maximum absolute atomic E-state index is 12.0. The molecule has 1 saturated carbocycles. The van der Waals surface area contributed by atoms with E-state index in [0.717, 1.165) is 39.4 Å². The fourth-order valence-electron chi connectivity index (χ4n) is 2.60. The molecule has 0 aromatic rings. The fourth-order valence-corrected chi connectivity index (χ4v) is 2.60. The molecular formula is C15H28N4O3. The lowest BCUT2D eigenvalue weighted by atomic mass is 10.2. The Morgan fingerprint density at radius 3 is 2.27 bits per heavy atom. The van der Waals surface area contributed by atoms with Crippen molar-refractivity contribution in [2.45, 2.75) is 6.42 Å². The van der Waals surface area contributed by atoms with Crippen molar-refractivity contribution in [2.24, 2.45) is 11.8 Å². The summed E-state index contributed by atoms with van der Waals surface area (Å²) in [6.07, 6.45) is 0.678. The summed E-state index contributed by atoms with van der Waals surface area (Å²) in [5.41, 5.74) is 0. The molecule has 1 heterocycles. The number of nitrogens with one attached hydrogen (secondary N) is 2. The highest BCUT2D eigenvalue weighted by Crippen LogP contribution is 2.38. The van der Waals surface area contributed by atoms with E-state index in [4.69, 9.17) is 4.74 Å². The Labute approximate surface area is 132 Å². The average molecular weight is 312 g/mol. The quantitative estimate of drug-likeness (QED) is 0.586. The van der Waals surface area contributed by atoms with Crippen LogP contribution in [-0.4, -0.2) is 88.2 Å². The molecule has 2 aliphatic rings. The number of rotatable bonds is 8. The number of carbonyl (C=O) groups is 2. The van der Waals surface area contributed by atoms with Gasteiger partial charge in [-0.25, -0.2) is 0 Å². The van der Waals surface area contributed by atoms with Crippen LogP contribution in [0.5, 0.6) is 0 Å². The zero-order valence-electron chi connectivity index (χ0n) is 13.6. The molecule has 22 heavy (non-hydrogen) atoms. The van der Waals surface area contributed by atoms with Crippen LogP contribution in [0.15, 0.2) is 0 Å². The Morgan fingerprint density at radius 2 is 1.68 bits per heavy atom. The summed E-state index contributed by atoms with van der Waals surface area (Å²) in [6, 6.07) is 0. The van der Waals surface area contributed by atoms with Gasteiger partial charge < -0.3 is 20.3 Å². The number of hydrogen-bond donors (Lipinski definition) is 2. The van der Waals surface area contributed by atoms with Gasteiger partial charge in [0.15, 0.2) is 0 Å².